The Morgan fingerprint density at radius 1 is 0.471 bits per heavy atom. The summed E-state index contributed by atoms with van der Waals surface area (Å²) in [6, 6.07) is 43.3. The largest absolute Gasteiger partial charge is 0.309 e. The van der Waals surface area contributed by atoms with Crippen molar-refractivity contribution in [1.82, 2.24) is 24.1 Å². The Balaban J connectivity index is 1.27. The maximum atomic E-state index is 8.92. The van der Waals surface area contributed by atoms with Gasteiger partial charge >= 0.3 is 0 Å². The normalized spacial score (nSPS) is 13.3. The van der Waals surface area contributed by atoms with Crippen LogP contribution in [0, 0.1) is 0 Å². The van der Waals surface area contributed by atoms with Gasteiger partial charge in [-0.1, -0.05) is 115 Å². The molecule has 0 aliphatic carbocycles. The number of nitrogens with zero attached hydrogens (tertiary/aromatic N) is 5. The van der Waals surface area contributed by atoms with E-state index in [-0.39, 0.29) is 29.4 Å². The van der Waals surface area contributed by atoms with Crippen molar-refractivity contribution >= 4 is 75.1 Å². The molecule has 0 N–H and O–H groups in total. The predicted octanol–water partition coefficient (Wildman–Crippen LogP) is 11.8. The standard InChI is InChI=1S/C45H27N5S/c1-3-14-28(15-4-1)43-46-44(34-22-13-21-31-30-18-9-12-25-39(30)51-42(31)34)48-45(47-43)50-36-24-11-8-20-33(36)41-38(50)27-26-37-40(41)32-19-7-10-23-35(32)49(37)29-16-5-2-6-17-29/h1-27H/i1D,3D,4D,14D,15D. The zero-order chi connectivity index (χ0) is 37.8. The predicted molar refractivity (Wildman–Crippen MR) is 212 cm³/mol. The molecular formula is C45H27N5S. The van der Waals surface area contributed by atoms with Crippen molar-refractivity contribution in [2.75, 3.05) is 0 Å². The van der Waals surface area contributed by atoms with Crippen LogP contribution >= 0.6 is 11.3 Å². The molecular weight excluding hydrogens is 643 g/mol. The molecule has 11 rings (SSSR count). The molecule has 0 unspecified atom stereocenters. The van der Waals surface area contributed by atoms with E-state index in [0.29, 0.717) is 5.82 Å². The van der Waals surface area contributed by atoms with E-state index in [1.165, 1.54) is 0 Å². The number of hydrogen-bond acceptors (Lipinski definition) is 4. The van der Waals surface area contributed by atoms with Gasteiger partial charge in [0.25, 0.3) is 0 Å². The summed E-state index contributed by atoms with van der Waals surface area (Å²) in [6.07, 6.45) is 0. The lowest BCUT2D eigenvalue weighted by Crippen LogP contribution is -2.06. The Hall–Kier alpha value is -6.63. The molecule has 0 radical (unpaired) electrons. The van der Waals surface area contributed by atoms with Crippen LogP contribution in [0.1, 0.15) is 6.85 Å². The summed E-state index contributed by atoms with van der Waals surface area (Å²) in [7, 11) is 0. The first kappa shape index (κ1) is 23.7. The summed E-state index contributed by atoms with van der Waals surface area (Å²) in [6.45, 7) is 0. The second-order valence-electron chi connectivity index (χ2n) is 12.5. The fourth-order valence-corrected chi connectivity index (χ4v) is 8.78. The molecule has 0 bridgehead atoms. The van der Waals surface area contributed by atoms with Crippen LogP contribution in [0.2, 0.25) is 0 Å². The van der Waals surface area contributed by atoms with E-state index in [9.17, 15) is 0 Å². The van der Waals surface area contributed by atoms with Gasteiger partial charge in [-0.15, -0.1) is 11.3 Å². The van der Waals surface area contributed by atoms with Crippen LogP contribution in [0.25, 0.3) is 98.2 Å². The molecule has 11 aromatic rings. The number of benzene rings is 7. The quantitative estimate of drug-likeness (QED) is 0.187. The van der Waals surface area contributed by atoms with E-state index in [1.807, 2.05) is 65.2 Å². The van der Waals surface area contributed by atoms with E-state index in [4.69, 9.17) is 21.8 Å². The molecule has 0 saturated carbocycles. The third-order valence-electron chi connectivity index (χ3n) is 9.68. The summed E-state index contributed by atoms with van der Waals surface area (Å²) in [5.74, 6) is 0.599. The highest BCUT2D eigenvalue weighted by Gasteiger charge is 2.23. The van der Waals surface area contributed by atoms with E-state index >= 15 is 0 Å². The molecule has 7 aromatic carbocycles. The van der Waals surface area contributed by atoms with Gasteiger partial charge in [-0.25, -0.2) is 4.98 Å². The lowest BCUT2D eigenvalue weighted by molar-refractivity contribution is 0.954. The number of thiophene rings is 1. The number of aromatic nitrogens is 5. The highest BCUT2D eigenvalue weighted by Crippen LogP contribution is 2.43. The van der Waals surface area contributed by atoms with Crippen molar-refractivity contribution in [2.24, 2.45) is 0 Å². The molecule has 0 saturated heterocycles. The molecule has 51 heavy (non-hydrogen) atoms. The van der Waals surface area contributed by atoms with Crippen LogP contribution < -0.4 is 0 Å². The molecule has 5 nitrogen and oxygen atoms in total. The zero-order valence-electron chi connectivity index (χ0n) is 31.8. The van der Waals surface area contributed by atoms with Gasteiger partial charge in [0.05, 0.1) is 28.9 Å². The molecule has 0 amide bonds. The number of rotatable bonds is 4. The SMILES string of the molecule is [2H]c1c([2H])c([2H])c(-c2nc(-c3cccc4c3sc3ccccc34)nc(-n3c4ccccc4c4c5c6ccccc6n(-c6ccccc6)c5ccc43)n2)c([2H])c1[2H]. The monoisotopic (exact) mass is 674 g/mol. The van der Waals surface area contributed by atoms with Crippen LogP contribution in [0.3, 0.4) is 0 Å². The van der Waals surface area contributed by atoms with Gasteiger partial charge in [-0.3, -0.25) is 4.57 Å². The molecule has 0 aliphatic heterocycles. The second-order valence-corrected chi connectivity index (χ2v) is 13.5. The average Bonchev–Trinajstić information content (AvgIpc) is 3.90. The maximum absolute atomic E-state index is 8.92. The maximum Gasteiger partial charge on any atom is 0.238 e. The third kappa shape index (κ3) is 4.17. The van der Waals surface area contributed by atoms with Gasteiger partial charge in [0.1, 0.15) is 0 Å². The van der Waals surface area contributed by atoms with Crippen molar-refractivity contribution in [3.8, 4) is 34.4 Å². The van der Waals surface area contributed by atoms with Crippen LogP contribution in [0.15, 0.2) is 164 Å². The van der Waals surface area contributed by atoms with Gasteiger partial charge in [0.15, 0.2) is 11.6 Å². The summed E-state index contributed by atoms with van der Waals surface area (Å²) in [5, 5.41) is 6.41. The van der Waals surface area contributed by atoms with Gasteiger partial charge in [-0.2, -0.15) is 9.97 Å². The lowest BCUT2D eigenvalue weighted by atomic mass is 10.1. The number of hydrogen-bond donors (Lipinski definition) is 0. The first-order chi connectivity index (χ1) is 27.4. The molecule has 6 heteroatoms. The van der Waals surface area contributed by atoms with Gasteiger partial charge in [0.2, 0.25) is 5.95 Å². The Kier molecular flexibility index (Phi) is 5.08. The minimum Gasteiger partial charge on any atom is -0.309 e. The summed E-state index contributed by atoms with van der Waals surface area (Å²) in [4.78, 5) is 15.1. The van der Waals surface area contributed by atoms with Crippen molar-refractivity contribution in [1.29, 1.82) is 0 Å². The summed E-state index contributed by atoms with van der Waals surface area (Å²) in [5.41, 5.74) is 5.59. The smallest absolute Gasteiger partial charge is 0.238 e. The fraction of sp³-hybridized carbons (Fsp3) is 0. The third-order valence-corrected chi connectivity index (χ3v) is 10.9. The molecule has 0 atom stereocenters. The highest BCUT2D eigenvalue weighted by atomic mass is 32.1. The van der Waals surface area contributed by atoms with Gasteiger partial charge in [0, 0.05) is 58.5 Å². The molecule has 4 heterocycles. The summed E-state index contributed by atoms with van der Waals surface area (Å²) >= 11 is 1.64. The average molecular weight is 675 g/mol. The molecule has 0 spiro atoms. The van der Waals surface area contributed by atoms with Crippen LogP contribution in [0.5, 0.6) is 0 Å². The zero-order valence-corrected chi connectivity index (χ0v) is 27.7. The Morgan fingerprint density at radius 3 is 1.84 bits per heavy atom. The summed E-state index contributed by atoms with van der Waals surface area (Å²) < 4.78 is 49.5. The van der Waals surface area contributed by atoms with E-state index in [0.717, 1.165) is 75.0 Å². The first-order valence-electron chi connectivity index (χ1n) is 19.1. The van der Waals surface area contributed by atoms with Crippen LogP contribution in [0.4, 0.5) is 0 Å². The Labute approximate surface area is 303 Å². The second kappa shape index (κ2) is 10.9. The topological polar surface area (TPSA) is 48.5 Å². The Bertz CT molecular complexity index is 3410. The fourth-order valence-electron chi connectivity index (χ4n) is 7.57. The number of para-hydroxylation sites is 3. The molecule has 0 aliphatic rings. The van der Waals surface area contributed by atoms with Crippen molar-refractivity contribution in [3.05, 3.63) is 164 Å². The van der Waals surface area contributed by atoms with Gasteiger partial charge in [-0.05, 0) is 48.5 Å². The van der Waals surface area contributed by atoms with Crippen molar-refractivity contribution in [3.63, 3.8) is 0 Å². The minimum absolute atomic E-state index is 0.00666. The van der Waals surface area contributed by atoms with Crippen molar-refractivity contribution in [2.45, 2.75) is 0 Å². The molecule has 0 fully saturated rings. The van der Waals surface area contributed by atoms with E-state index < -0.39 is 18.1 Å². The van der Waals surface area contributed by atoms with Crippen LogP contribution in [-0.2, 0) is 0 Å². The van der Waals surface area contributed by atoms with E-state index in [2.05, 4.69) is 77.4 Å². The van der Waals surface area contributed by atoms with Crippen LogP contribution in [-0.4, -0.2) is 24.1 Å². The molecule has 238 valence electrons. The highest BCUT2D eigenvalue weighted by molar-refractivity contribution is 7.26. The lowest BCUT2D eigenvalue weighted by Gasteiger charge is -2.11. The van der Waals surface area contributed by atoms with Crippen molar-refractivity contribution < 1.29 is 6.85 Å². The van der Waals surface area contributed by atoms with Gasteiger partial charge < -0.3 is 4.57 Å². The Morgan fingerprint density at radius 2 is 1.08 bits per heavy atom. The van der Waals surface area contributed by atoms with E-state index in [1.54, 1.807) is 11.3 Å². The first-order valence-corrected chi connectivity index (χ1v) is 17.5. The molecule has 4 aromatic heterocycles. The number of fused-ring (bicyclic) bond motifs is 10. The minimum atomic E-state index is -0.477.